The highest BCUT2D eigenvalue weighted by atomic mass is 79.9. The first-order chi connectivity index (χ1) is 9.80. The molecule has 1 heterocycles. The molecule has 0 saturated carbocycles. The summed E-state index contributed by atoms with van der Waals surface area (Å²) in [5, 5.41) is 0. The monoisotopic (exact) mass is 361 g/mol. The molecule has 2 rings (SSSR count). The zero-order chi connectivity index (χ0) is 15.6. The topological polar surface area (TPSA) is 61.0 Å². The van der Waals surface area contributed by atoms with Crippen LogP contribution in [0.2, 0.25) is 0 Å². The summed E-state index contributed by atoms with van der Waals surface area (Å²) in [6.07, 6.45) is -4.13. The minimum Gasteiger partial charge on any atom is -0.406 e. The predicted molar refractivity (Wildman–Crippen MR) is 75.6 cm³/mol. The van der Waals surface area contributed by atoms with Gasteiger partial charge in [-0.3, -0.25) is 0 Å². The van der Waals surface area contributed by atoms with Gasteiger partial charge in [0.25, 0.3) is 0 Å². The number of aryl methyl sites for hydroxylation is 1. The van der Waals surface area contributed by atoms with E-state index in [0.717, 1.165) is 0 Å². The van der Waals surface area contributed by atoms with Crippen molar-refractivity contribution < 1.29 is 17.9 Å². The Kier molecular flexibility index (Phi) is 4.36. The van der Waals surface area contributed by atoms with Crippen molar-refractivity contribution in [2.24, 2.45) is 0 Å². The summed E-state index contributed by atoms with van der Waals surface area (Å²) in [6.45, 7) is 1.89. The first kappa shape index (κ1) is 15.6. The number of hydrogen-bond acceptors (Lipinski definition) is 4. The fraction of sp³-hybridized carbons (Fsp3) is 0.231. The van der Waals surface area contributed by atoms with Crippen molar-refractivity contribution in [2.45, 2.75) is 19.7 Å². The molecular formula is C13H11BrF3N3O. The van der Waals surface area contributed by atoms with Gasteiger partial charge < -0.3 is 10.5 Å². The molecular weight excluding hydrogens is 351 g/mol. The van der Waals surface area contributed by atoms with Crippen LogP contribution in [0, 0.1) is 0 Å². The van der Waals surface area contributed by atoms with E-state index in [1.807, 2.05) is 6.92 Å². The second-order valence-electron chi connectivity index (χ2n) is 4.12. The van der Waals surface area contributed by atoms with E-state index in [9.17, 15) is 13.2 Å². The highest BCUT2D eigenvalue weighted by Crippen LogP contribution is 2.29. The number of aromatic nitrogens is 2. The maximum Gasteiger partial charge on any atom is 0.573 e. The van der Waals surface area contributed by atoms with Gasteiger partial charge in [0, 0.05) is 5.56 Å². The van der Waals surface area contributed by atoms with Crippen molar-refractivity contribution in [2.75, 3.05) is 5.73 Å². The van der Waals surface area contributed by atoms with Crippen LogP contribution in [0.4, 0.5) is 19.0 Å². The molecule has 0 fully saturated rings. The van der Waals surface area contributed by atoms with Gasteiger partial charge in [0.2, 0.25) is 0 Å². The van der Waals surface area contributed by atoms with Gasteiger partial charge in [-0.05, 0) is 34.5 Å². The summed E-state index contributed by atoms with van der Waals surface area (Å²) < 4.78 is 41.2. The Hall–Kier alpha value is -1.83. The molecule has 0 atom stereocenters. The number of nitrogen functional groups attached to an aromatic ring is 1. The molecule has 0 unspecified atom stereocenters. The Morgan fingerprint density at radius 1 is 1.29 bits per heavy atom. The second-order valence-corrected chi connectivity index (χ2v) is 4.92. The molecule has 2 N–H and O–H groups in total. The summed E-state index contributed by atoms with van der Waals surface area (Å²) in [5.74, 6) is 0.155. The lowest BCUT2D eigenvalue weighted by atomic mass is 10.2. The third-order valence-electron chi connectivity index (χ3n) is 2.61. The van der Waals surface area contributed by atoms with Crippen molar-refractivity contribution in [3.05, 3.63) is 34.4 Å². The minimum absolute atomic E-state index is 0.235. The number of anilines is 1. The molecule has 4 nitrogen and oxygen atoms in total. The van der Waals surface area contributed by atoms with E-state index < -0.39 is 6.36 Å². The zero-order valence-electron chi connectivity index (χ0n) is 10.9. The van der Waals surface area contributed by atoms with Crippen LogP contribution >= 0.6 is 15.9 Å². The van der Waals surface area contributed by atoms with Crippen LogP contribution in [0.3, 0.4) is 0 Å². The average Bonchev–Trinajstić information content (AvgIpc) is 2.40. The lowest BCUT2D eigenvalue weighted by Gasteiger charge is -2.11. The molecule has 0 amide bonds. The van der Waals surface area contributed by atoms with Gasteiger partial charge in [-0.1, -0.05) is 19.1 Å². The smallest absolute Gasteiger partial charge is 0.406 e. The fourth-order valence-corrected chi connectivity index (χ4v) is 2.17. The number of ether oxygens (including phenoxy) is 1. The maximum absolute atomic E-state index is 12.2. The van der Waals surface area contributed by atoms with Crippen LogP contribution in [-0.2, 0) is 6.42 Å². The van der Waals surface area contributed by atoms with Gasteiger partial charge in [-0.25, -0.2) is 9.97 Å². The van der Waals surface area contributed by atoms with Gasteiger partial charge in [0.05, 0.1) is 10.2 Å². The second kappa shape index (κ2) is 5.88. The van der Waals surface area contributed by atoms with E-state index in [4.69, 9.17) is 5.73 Å². The number of hydrogen-bond donors (Lipinski definition) is 1. The molecule has 0 saturated heterocycles. The number of benzene rings is 1. The number of rotatable bonds is 3. The zero-order valence-corrected chi connectivity index (χ0v) is 12.5. The summed E-state index contributed by atoms with van der Waals surface area (Å²) in [6, 6.07) is 5.45. The average molecular weight is 362 g/mol. The maximum atomic E-state index is 12.2. The normalized spacial score (nSPS) is 11.5. The number of nitrogens with two attached hydrogens (primary N) is 1. The van der Waals surface area contributed by atoms with E-state index in [-0.39, 0.29) is 17.4 Å². The Balaban J connectivity index is 2.43. The van der Waals surface area contributed by atoms with Gasteiger partial charge in [0.1, 0.15) is 11.6 Å². The lowest BCUT2D eigenvalue weighted by molar-refractivity contribution is -0.274. The van der Waals surface area contributed by atoms with Crippen LogP contribution in [0.25, 0.3) is 11.4 Å². The summed E-state index contributed by atoms with van der Waals surface area (Å²) in [5.41, 5.74) is 6.84. The lowest BCUT2D eigenvalue weighted by Crippen LogP contribution is -2.17. The Morgan fingerprint density at radius 2 is 2.00 bits per heavy atom. The van der Waals surface area contributed by atoms with Crippen molar-refractivity contribution in [1.82, 2.24) is 9.97 Å². The van der Waals surface area contributed by atoms with E-state index >= 15 is 0 Å². The van der Waals surface area contributed by atoms with Gasteiger partial charge in [-0.15, -0.1) is 13.2 Å². The van der Waals surface area contributed by atoms with Crippen molar-refractivity contribution >= 4 is 21.7 Å². The fourth-order valence-electron chi connectivity index (χ4n) is 1.71. The molecule has 0 spiro atoms. The number of alkyl halides is 3. The molecule has 21 heavy (non-hydrogen) atoms. The first-order valence-corrected chi connectivity index (χ1v) is 6.77. The van der Waals surface area contributed by atoms with Crippen molar-refractivity contribution in [3.8, 4) is 17.1 Å². The molecule has 1 aromatic carbocycles. The molecule has 0 aliphatic rings. The molecule has 0 bridgehead atoms. The molecule has 0 aliphatic carbocycles. The van der Waals surface area contributed by atoms with Crippen LogP contribution in [0.5, 0.6) is 5.75 Å². The summed E-state index contributed by atoms with van der Waals surface area (Å²) >= 11 is 3.28. The highest BCUT2D eigenvalue weighted by Gasteiger charge is 2.31. The van der Waals surface area contributed by atoms with Crippen LogP contribution in [0.1, 0.15) is 12.6 Å². The van der Waals surface area contributed by atoms with Gasteiger partial charge in [0.15, 0.2) is 5.82 Å². The summed E-state index contributed by atoms with van der Waals surface area (Å²) in [4.78, 5) is 8.36. The SMILES string of the molecule is CCc1nc(-c2cccc(OC(F)(F)F)c2)nc(N)c1Br. The van der Waals surface area contributed by atoms with Crippen molar-refractivity contribution in [1.29, 1.82) is 0 Å². The largest absolute Gasteiger partial charge is 0.573 e. The van der Waals surface area contributed by atoms with Gasteiger partial charge in [-0.2, -0.15) is 0 Å². The Labute approximate surface area is 127 Å². The molecule has 112 valence electrons. The molecule has 8 heteroatoms. The third kappa shape index (κ3) is 3.84. The molecule has 0 aliphatic heterocycles. The van der Waals surface area contributed by atoms with Crippen LogP contribution in [-0.4, -0.2) is 16.3 Å². The standard InChI is InChI=1S/C13H11BrF3N3O/c1-2-9-10(14)11(18)20-12(19-9)7-4-3-5-8(6-7)21-13(15,16)17/h3-6H,2H2,1H3,(H2,18,19,20). The Bertz CT molecular complexity index is 662. The van der Waals surface area contributed by atoms with Crippen LogP contribution in [0.15, 0.2) is 28.7 Å². The Morgan fingerprint density at radius 3 is 2.62 bits per heavy atom. The third-order valence-corrected chi connectivity index (χ3v) is 3.47. The molecule has 2 aromatic rings. The van der Waals surface area contributed by atoms with E-state index in [2.05, 4.69) is 30.6 Å². The van der Waals surface area contributed by atoms with Crippen molar-refractivity contribution in [3.63, 3.8) is 0 Å². The molecule has 0 radical (unpaired) electrons. The predicted octanol–water partition coefficient (Wildman–Crippen LogP) is 3.95. The highest BCUT2D eigenvalue weighted by molar-refractivity contribution is 9.10. The van der Waals surface area contributed by atoms with E-state index in [1.165, 1.54) is 18.2 Å². The quantitative estimate of drug-likeness (QED) is 0.898. The van der Waals surface area contributed by atoms with E-state index in [1.54, 1.807) is 6.07 Å². The molecule has 1 aromatic heterocycles. The summed E-state index contributed by atoms with van der Waals surface area (Å²) in [7, 11) is 0. The first-order valence-electron chi connectivity index (χ1n) is 5.98. The minimum atomic E-state index is -4.74. The van der Waals surface area contributed by atoms with E-state index in [0.29, 0.717) is 22.2 Å². The number of nitrogens with zero attached hydrogens (tertiary/aromatic N) is 2. The van der Waals surface area contributed by atoms with Gasteiger partial charge >= 0.3 is 6.36 Å². The van der Waals surface area contributed by atoms with Crippen LogP contribution < -0.4 is 10.5 Å². The number of halogens is 4.